The number of benzene rings is 1. The second kappa shape index (κ2) is 9.33. The maximum Gasteiger partial charge on any atom is 0.264 e. The lowest BCUT2D eigenvalue weighted by atomic mass is 10.1. The normalized spacial score (nSPS) is 10.8. The van der Waals surface area contributed by atoms with Gasteiger partial charge in [-0.1, -0.05) is 35.3 Å². The minimum atomic E-state index is -0.321. The monoisotopic (exact) mass is 468 g/mol. The van der Waals surface area contributed by atoms with Crippen molar-refractivity contribution in [1.82, 2.24) is 29.9 Å². The highest BCUT2D eigenvalue weighted by Crippen LogP contribution is 2.24. The summed E-state index contributed by atoms with van der Waals surface area (Å²) in [5.41, 5.74) is 2.26. The second-order valence-electron chi connectivity index (χ2n) is 7.07. The predicted molar refractivity (Wildman–Crippen MR) is 121 cm³/mol. The van der Waals surface area contributed by atoms with Gasteiger partial charge in [0.15, 0.2) is 5.82 Å². The molecular weight excluding hydrogens is 451 g/mol. The number of aromatic nitrogens is 5. The minimum absolute atomic E-state index is 0.227. The highest BCUT2D eigenvalue weighted by Gasteiger charge is 2.23. The Kier molecular flexibility index (Phi) is 6.34. The number of nitrogens with zero attached hydrogens (tertiary/aromatic N) is 5. The van der Waals surface area contributed by atoms with Gasteiger partial charge in [0, 0.05) is 18.8 Å². The third-order valence-corrected chi connectivity index (χ3v) is 5.58. The molecule has 4 aromatic rings. The van der Waals surface area contributed by atoms with Crippen molar-refractivity contribution in [1.29, 1.82) is 0 Å². The topological polar surface area (TPSA) is 96.8 Å². The smallest absolute Gasteiger partial charge is 0.264 e. The molecule has 0 atom stereocenters. The number of halogens is 2. The average Bonchev–Trinajstić information content (AvgIpc) is 3.18. The fraction of sp³-hybridized carbons (Fsp3) is 0.136. The summed E-state index contributed by atoms with van der Waals surface area (Å²) in [6, 6.07) is 13.7. The molecular formula is C22H18Cl2N6O2. The zero-order chi connectivity index (χ0) is 22.7. The SMILES string of the molecule is Cc1c(C(=O)N(Cc2ccc(Cl)c(Cl)c2)Cc2ccccn2)cnn1-c1ccc(=O)[nH]n1. The number of hydrogen-bond donors (Lipinski definition) is 1. The molecule has 162 valence electrons. The fourth-order valence-corrected chi connectivity index (χ4v) is 3.54. The standard InChI is InChI=1S/C22H18Cl2N6O2/c1-14-17(11-26-30(14)20-7-8-21(31)28-27-20)22(32)29(13-16-4-2-3-9-25-16)12-15-5-6-18(23)19(24)10-15/h2-11H,12-13H2,1H3,(H,28,31). The van der Waals surface area contributed by atoms with Crippen LogP contribution in [0.5, 0.6) is 0 Å². The van der Waals surface area contributed by atoms with Crippen molar-refractivity contribution < 1.29 is 4.79 Å². The largest absolute Gasteiger partial charge is 0.328 e. The number of rotatable bonds is 6. The molecule has 1 amide bonds. The van der Waals surface area contributed by atoms with Crippen LogP contribution in [0.15, 0.2) is 65.7 Å². The van der Waals surface area contributed by atoms with E-state index >= 15 is 0 Å². The molecule has 1 N–H and O–H groups in total. The predicted octanol–water partition coefficient (Wildman–Crippen LogP) is 3.81. The lowest BCUT2D eigenvalue weighted by Gasteiger charge is -2.23. The molecule has 0 aliphatic rings. The van der Waals surface area contributed by atoms with Crippen LogP contribution in [0.25, 0.3) is 5.82 Å². The molecule has 4 rings (SSSR count). The first-order valence-corrected chi connectivity index (χ1v) is 10.4. The van der Waals surface area contributed by atoms with E-state index in [1.165, 1.54) is 23.0 Å². The molecule has 3 aromatic heterocycles. The van der Waals surface area contributed by atoms with Gasteiger partial charge in [-0.25, -0.2) is 9.78 Å². The third-order valence-electron chi connectivity index (χ3n) is 4.85. The van der Waals surface area contributed by atoms with E-state index in [-0.39, 0.29) is 11.5 Å². The minimum Gasteiger partial charge on any atom is -0.328 e. The summed E-state index contributed by atoms with van der Waals surface area (Å²) in [7, 11) is 0. The van der Waals surface area contributed by atoms with Gasteiger partial charge in [-0.2, -0.15) is 10.2 Å². The summed E-state index contributed by atoms with van der Waals surface area (Å²) in [6.07, 6.45) is 3.17. The zero-order valence-electron chi connectivity index (χ0n) is 17.0. The van der Waals surface area contributed by atoms with Gasteiger partial charge in [0.2, 0.25) is 0 Å². The number of amides is 1. The van der Waals surface area contributed by atoms with Crippen molar-refractivity contribution in [3.8, 4) is 5.82 Å². The molecule has 0 saturated heterocycles. The molecule has 10 heteroatoms. The third kappa shape index (κ3) is 4.71. The molecule has 0 saturated carbocycles. The number of nitrogens with one attached hydrogen (secondary N) is 1. The van der Waals surface area contributed by atoms with Gasteiger partial charge in [0.1, 0.15) is 0 Å². The van der Waals surface area contributed by atoms with E-state index in [9.17, 15) is 9.59 Å². The Bertz CT molecular complexity index is 1300. The quantitative estimate of drug-likeness (QED) is 0.463. The first kappa shape index (κ1) is 21.7. The van der Waals surface area contributed by atoms with Crippen molar-refractivity contribution in [2.24, 2.45) is 0 Å². The molecule has 3 heterocycles. The molecule has 0 unspecified atom stereocenters. The summed E-state index contributed by atoms with van der Waals surface area (Å²) in [6.45, 7) is 2.36. The first-order valence-electron chi connectivity index (χ1n) is 9.66. The summed E-state index contributed by atoms with van der Waals surface area (Å²) in [5, 5.41) is 11.5. The van der Waals surface area contributed by atoms with Crippen LogP contribution in [0, 0.1) is 6.92 Å². The van der Waals surface area contributed by atoms with Crippen LogP contribution in [-0.4, -0.2) is 35.8 Å². The lowest BCUT2D eigenvalue weighted by molar-refractivity contribution is 0.0727. The molecule has 0 radical (unpaired) electrons. The van der Waals surface area contributed by atoms with Crippen molar-refractivity contribution in [3.05, 3.63) is 104 Å². The summed E-state index contributed by atoms with van der Waals surface area (Å²) >= 11 is 12.2. The average molecular weight is 469 g/mol. The van der Waals surface area contributed by atoms with Gasteiger partial charge in [-0.05, 0) is 42.8 Å². The van der Waals surface area contributed by atoms with E-state index in [1.54, 1.807) is 30.2 Å². The Morgan fingerprint density at radius 3 is 2.62 bits per heavy atom. The fourth-order valence-electron chi connectivity index (χ4n) is 3.22. The number of carbonyl (C=O) groups excluding carboxylic acids is 1. The molecule has 32 heavy (non-hydrogen) atoms. The summed E-state index contributed by atoms with van der Waals surface area (Å²) < 4.78 is 1.50. The van der Waals surface area contributed by atoms with Crippen LogP contribution in [-0.2, 0) is 13.1 Å². The molecule has 0 bridgehead atoms. The Morgan fingerprint density at radius 2 is 1.94 bits per heavy atom. The lowest BCUT2D eigenvalue weighted by Crippen LogP contribution is -2.31. The summed E-state index contributed by atoms with van der Waals surface area (Å²) in [5.74, 6) is 0.178. The van der Waals surface area contributed by atoms with Gasteiger partial charge >= 0.3 is 0 Å². The maximum atomic E-state index is 13.5. The van der Waals surface area contributed by atoms with Gasteiger partial charge in [0.25, 0.3) is 11.5 Å². The van der Waals surface area contributed by atoms with E-state index in [2.05, 4.69) is 20.3 Å². The van der Waals surface area contributed by atoms with Crippen LogP contribution < -0.4 is 5.56 Å². The number of aromatic amines is 1. The number of carbonyl (C=O) groups is 1. The Morgan fingerprint density at radius 1 is 1.09 bits per heavy atom. The van der Waals surface area contributed by atoms with Gasteiger partial charge < -0.3 is 4.90 Å². The second-order valence-corrected chi connectivity index (χ2v) is 7.88. The Balaban J connectivity index is 1.67. The van der Waals surface area contributed by atoms with Gasteiger partial charge in [-0.15, -0.1) is 0 Å². The van der Waals surface area contributed by atoms with Crippen LogP contribution in [0.1, 0.15) is 27.3 Å². The van der Waals surface area contributed by atoms with Crippen molar-refractivity contribution in [2.45, 2.75) is 20.0 Å². The van der Waals surface area contributed by atoms with Gasteiger partial charge in [0.05, 0.1) is 39.7 Å². The van der Waals surface area contributed by atoms with E-state index in [4.69, 9.17) is 23.2 Å². The van der Waals surface area contributed by atoms with E-state index in [0.29, 0.717) is 40.2 Å². The van der Waals surface area contributed by atoms with Crippen LogP contribution in [0.3, 0.4) is 0 Å². The van der Waals surface area contributed by atoms with E-state index in [1.807, 2.05) is 24.3 Å². The Hall–Kier alpha value is -3.49. The number of hydrogen-bond acceptors (Lipinski definition) is 5. The first-order chi connectivity index (χ1) is 15.4. The van der Waals surface area contributed by atoms with Crippen molar-refractivity contribution >= 4 is 29.1 Å². The summed E-state index contributed by atoms with van der Waals surface area (Å²) in [4.78, 5) is 30.8. The van der Waals surface area contributed by atoms with E-state index in [0.717, 1.165) is 11.3 Å². The van der Waals surface area contributed by atoms with Crippen molar-refractivity contribution in [2.75, 3.05) is 0 Å². The molecule has 0 fully saturated rings. The maximum absolute atomic E-state index is 13.5. The molecule has 0 aliphatic heterocycles. The highest BCUT2D eigenvalue weighted by atomic mass is 35.5. The highest BCUT2D eigenvalue weighted by molar-refractivity contribution is 6.42. The van der Waals surface area contributed by atoms with E-state index < -0.39 is 0 Å². The van der Waals surface area contributed by atoms with Crippen molar-refractivity contribution in [3.63, 3.8) is 0 Å². The van der Waals surface area contributed by atoms with Crippen LogP contribution in [0.2, 0.25) is 10.0 Å². The van der Waals surface area contributed by atoms with Crippen LogP contribution in [0.4, 0.5) is 0 Å². The Labute approximate surface area is 193 Å². The zero-order valence-corrected chi connectivity index (χ0v) is 18.5. The number of H-pyrrole nitrogens is 1. The van der Waals surface area contributed by atoms with Gasteiger partial charge in [-0.3, -0.25) is 14.6 Å². The molecule has 1 aromatic carbocycles. The molecule has 8 nitrogen and oxygen atoms in total. The molecule has 0 spiro atoms. The van der Waals surface area contributed by atoms with Crippen LogP contribution >= 0.6 is 23.2 Å². The molecule has 0 aliphatic carbocycles. The number of pyridine rings is 1.